The molecule has 0 atom stereocenters. The Morgan fingerprint density at radius 3 is 1.14 bits per heavy atom. The average molecular weight is 636 g/mol. The van der Waals surface area contributed by atoms with Crippen molar-refractivity contribution in [2.24, 2.45) is 0 Å². The normalized spacial score (nSPS) is 28.8. The molecule has 2 heterocycles. The van der Waals surface area contributed by atoms with Gasteiger partial charge in [0.15, 0.2) is 0 Å². The number of hydrogen-bond acceptors (Lipinski definition) is 2. The van der Waals surface area contributed by atoms with Crippen LogP contribution >= 0.6 is 38.4 Å². The molecule has 0 amide bonds. The first-order valence-electron chi connectivity index (χ1n) is 8.11. The van der Waals surface area contributed by atoms with Gasteiger partial charge in [0.2, 0.25) is 0 Å². The number of halogens is 8. The summed E-state index contributed by atoms with van der Waals surface area (Å²) in [5.74, 6) is 0. The molecule has 0 unspecified atom stereocenters. The summed E-state index contributed by atoms with van der Waals surface area (Å²) >= 11 is -14.4. The van der Waals surface area contributed by atoms with Gasteiger partial charge in [0, 0.05) is 0 Å². The van der Waals surface area contributed by atoms with Crippen LogP contribution in [0.2, 0.25) is 0 Å². The Morgan fingerprint density at radius 2 is 0.857 bits per heavy atom. The number of rotatable bonds is 0. The molecule has 0 radical (unpaired) electrons. The molecule has 0 aromatic heterocycles. The zero-order chi connectivity index (χ0) is 21.3. The van der Waals surface area contributed by atoms with E-state index in [1.807, 2.05) is 0 Å². The molecule has 0 bridgehead atoms. The van der Waals surface area contributed by atoms with Crippen LogP contribution in [0, 0.1) is 7.14 Å². The summed E-state index contributed by atoms with van der Waals surface area (Å²) in [7, 11) is 0. The van der Waals surface area contributed by atoms with Crippen molar-refractivity contribution in [3.05, 3.63) is 66.8 Å². The van der Waals surface area contributed by atoms with E-state index in [9.17, 15) is 17.2 Å². The van der Waals surface area contributed by atoms with E-state index < -0.39 is 56.7 Å². The van der Waals surface area contributed by atoms with Crippen LogP contribution in [0.1, 0.15) is 38.8 Å². The van der Waals surface area contributed by atoms with Gasteiger partial charge in [0.25, 0.3) is 0 Å². The van der Waals surface area contributed by atoms with Crippen LogP contribution in [-0.4, -0.2) is 0 Å². The standard InChI is InChI=1S/2C9H10F3IO/c2*1-9(2)7-5-3-4-6-8(7)13(10,11,12)14-9/h2*3-6H,1-2H3. The third kappa shape index (κ3) is 3.76. The van der Waals surface area contributed by atoms with E-state index >= 15 is 0 Å². The van der Waals surface area contributed by atoms with Crippen molar-refractivity contribution >= 4 is 38.4 Å². The second-order valence-electron chi connectivity index (χ2n) is 7.39. The fourth-order valence-electron chi connectivity index (χ4n) is 3.20. The van der Waals surface area contributed by atoms with E-state index in [4.69, 9.17) is 0 Å². The van der Waals surface area contributed by atoms with Crippen molar-refractivity contribution < 1.29 is 23.3 Å². The zero-order valence-electron chi connectivity index (χ0n) is 15.5. The van der Waals surface area contributed by atoms with Gasteiger partial charge in [0.05, 0.1) is 0 Å². The van der Waals surface area contributed by atoms with Crippen LogP contribution < -0.4 is 0 Å². The third-order valence-corrected chi connectivity index (χ3v) is 13.4. The third-order valence-electron chi connectivity index (χ3n) is 4.31. The Bertz CT molecular complexity index is 867. The molecule has 28 heavy (non-hydrogen) atoms. The minimum atomic E-state index is -7.20. The van der Waals surface area contributed by atoms with Crippen LogP contribution in [0.25, 0.3) is 0 Å². The molecule has 0 fully saturated rings. The van der Waals surface area contributed by atoms with Crippen molar-refractivity contribution in [1.82, 2.24) is 0 Å². The first-order chi connectivity index (χ1) is 12.4. The Hall–Kier alpha value is -0.600. The summed E-state index contributed by atoms with van der Waals surface area (Å²) in [6, 6.07) is 11.3. The second-order valence-corrected chi connectivity index (χ2v) is 17.8. The molecule has 0 saturated carbocycles. The van der Waals surface area contributed by atoms with E-state index in [2.05, 4.69) is 6.13 Å². The molecular formula is C18H20F6I2O2. The van der Waals surface area contributed by atoms with Crippen LogP contribution in [-0.2, 0) is 17.3 Å². The van der Waals surface area contributed by atoms with Crippen molar-refractivity contribution in [2.45, 2.75) is 38.9 Å². The van der Waals surface area contributed by atoms with Crippen LogP contribution in [0.4, 0.5) is 17.2 Å². The summed E-state index contributed by atoms with van der Waals surface area (Å²) in [6.45, 7) is 5.83. The summed E-state index contributed by atoms with van der Waals surface area (Å²) < 4.78 is 88.2. The van der Waals surface area contributed by atoms with Gasteiger partial charge in [-0.05, 0) is 0 Å². The second kappa shape index (κ2) is 5.97. The Kier molecular flexibility index (Phi) is 4.71. The van der Waals surface area contributed by atoms with Crippen LogP contribution in [0.5, 0.6) is 0 Å². The van der Waals surface area contributed by atoms with Crippen molar-refractivity contribution in [1.29, 1.82) is 0 Å². The molecule has 0 N–H and O–H groups in total. The predicted molar refractivity (Wildman–Crippen MR) is 113 cm³/mol. The fourth-order valence-corrected chi connectivity index (χ4v) is 12.7. The SMILES string of the molecule is CC1(C)OI(F)(F)(F)c2ccccc21.CC1(C)OI(F)(F)(F)c2ccccc21. The van der Waals surface area contributed by atoms with Crippen LogP contribution in [0.3, 0.4) is 0 Å². The molecular weight excluding hydrogens is 616 g/mol. The van der Waals surface area contributed by atoms with Gasteiger partial charge in [0.1, 0.15) is 0 Å². The monoisotopic (exact) mass is 636 g/mol. The maximum atomic E-state index is 13.4. The van der Waals surface area contributed by atoms with Gasteiger partial charge < -0.3 is 0 Å². The molecule has 2 nitrogen and oxygen atoms in total. The molecule has 0 saturated heterocycles. The summed E-state index contributed by atoms with van der Waals surface area (Å²) in [5.41, 5.74) is -1.91. The summed E-state index contributed by atoms with van der Waals surface area (Å²) in [5, 5.41) is 0. The zero-order valence-corrected chi connectivity index (χ0v) is 19.8. The van der Waals surface area contributed by atoms with E-state index in [0.29, 0.717) is 0 Å². The fraction of sp³-hybridized carbons (Fsp3) is 0.333. The Morgan fingerprint density at radius 1 is 0.571 bits per heavy atom. The maximum absolute atomic E-state index is 13.4. The van der Waals surface area contributed by atoms with Gasteiger partial charge in [-0.25, -0.2) is 0 Å². The minimum absolute atomic E-state index is 0.265. The summed E-state index contributed by atoms with van der Waals surface area (Å²) in [4.78, 5) is 0. The predicted octanol–water partition coefficient (Wildman–Crippen LogP) is 8.54. The van der Waals surface area contributed by atoms with Gasteiger partial charge in [-0.15, -0.1) is 0 Å². The number of hydrogen-bond donors (Lipinski definition) is 0. The van der Waals surface area contributed by atoms with E-state index in [-0.39, 0.29) is 11.1 Å². The van der Waals surface area contributed by atoms with Crippen molar-refractivity contribution in [3.8, 4) is 0 Å². The number of fused-ring (bicyclic) bond motifs is 2. The number of benzene rings is 2. The topological polar surface area (TPSA) is 18.5 Å². The summed E-state index contributed by atoms with van der Waals surface area (Å²) in [6.07, 6.45) is 0. The van der Waals surface area contributed by atoms with E-state index in [0.717, 1.165) is 12.1 Å². The van der Waals surface area contributed by atoms with Gasteiger partial charge >= 0.3 is 167 Å². The first kappa shape index (κ1) is 22.1. The molecule has 160 valence electrons. The van der Waals surface area contributed by atoms with Gasteiger partial charge in [-0.3, -0.25) is 0 Å². The molecule has 2 aromatic carbocycles. The molecule has 2 aromatic rings. The van der Waals surface area contributed by atoms with Crippen molar-refractivity contribution in [3.63, 3.8) is 0 Å². The van der Waals surface area contributed by atoms with E-state index in [1.54, 1.807) is 12.1 Å². The Labute approximate surface area is 166 Å². The van der Waals surface area contributed by atoms with E-state index in [1.165, 1.54) is 52.0 Å². The molecule has 2 aliphatic rings. The molecule has 0 aliphatic carbocycles. The van der Waals surface area contributed by atoms with Crippen LogP contribution in [0.15, 0.2) is 48.5 Å². The van der Waals surface area contributed by atoms with Crippen molar-refractivity contribution in [2.75, 3.05) is 0 Å². The van der Waals surface area contributed by atoms with Gasteiger partial charge in [-0.2, -0.15) is 0 Å². The van der Waals surface area contributed by atoms with Gasteiger partial charge in [-0.1, -0.05) is 0 Å². The molecule has 2 aliphatic heterocycles. The first-order valence-corrected chi connectivity index (χ1v) is 16.9. The molecule has 0 spiro atoms. The molecule has 10 heteroatoms. The Balaban J connectivity index is 0.000000161. The molecule has 4 rings (SSSR count). The average Bonchev–Trinajstić information content (AvgIpc) is 2.79. The quantitative estimate of drug-likeness (QED) is 0.213.